The topological polar surface area (TPSA) is 27.7 Å². The molecule has 0 amide bonds. The van der Waals surface area contributed by atoms with E-state index in [1.807, 2.05) is 6.08 Å². The van der Waals surface area contributed by atoms with E-state index in [1.54, 1.807) is 12.5 Å². The van der Waals surface area contributed by atoms with Gasteiger partial charge in [0.15, 0.2) is 6.29 Å². The number of rotatable bonds is 1. The first-order valence-electron chi connectivity index (χ1n) is 4.19. The minimum absolute atomic E-state index is 0.177. The van der Waals surface area contributed by atoms with Crippen LogP contribution in [0.4, 0.5) is 0 Å². The predicted octanol–water partition coefficient (Wildman–Crippen LogP) is 1.57. The number of allylic oxidation sites excluding steroid dienone is 1. The molecule has 2 heterocycles. The van der Waals surface area contributed by atoms with Gasteiger partial charge in [-0.1, -0.05) is 0 Å². The lowest BCUT2D eigenvalue weighted by atomic mass is 10.2. The summed E-state index contributed by atoms with van der Waals surface area (Å²) in [6.07, 6.45) is 7.01. The van der Waals surface area contributed by atoms with Crippen LogP contribution in [0.25, 0.3) is 0 Å². The monoisotopic (exact) mass is 168 g/mol. The molecule has 2 rings (SSSR count). The maximum Gasteiger partial charge on any atom is 0.183 e. The Bertz CT molecular complexity index is 202. The van der Waals surface area contributed by atoms with Crippen LogP contribution in [0.2, 0.25) is 0 Å². The third kappa shape index (κ3) is 1.68. The van der Waals surface area contributed by atoms with Gasteiger partial charge in [0.2, 0.25) is 0 Å². The molecule has 2 aliphatic heterocycles. The molecule has 3 heteroatoms. The zero-order valence-electron chi connectivity index (χ0n) is 6.86. The van der Waals surface area contributed by atoms with Crippen molar-refractivity contribution in [2.24, 2.45) is 0 Å². The predicted molar refractivity (Wildman–Crippen MR) is 43.2 cm³/mol. The van der Waals surface area contributed by atoms with Crippen LogP contribution in [0.3, 0.4) is 0 Å². The van der Waals surface area contributed by atoms with E-state index in [1.165, 1.54) is 0 Å². The highest BCUT2D eigenvalue weighted by atomic mass is 16.7. The van der Waals surface area contributed by atoms with Crippen LogP contribution in [0, 0.1) is 0 Å². The Kier molecular flexibility index (Phi) is 2.44. The fourth-order valence-corrected chi connectivity index (χ4v) is 1.27. The number of ether oxygens (including phenoxy) is 3. The molecular weight excluding hydrogens is 156 g/mol. The summed E-state index contributed by atoms with van der Waals surface area (Å²) >= 11 is 0. The highest BCUT2D eigenvalue weighted by Gasteiger charge is 2.19. The van der Waals surface area contributed by atoms with Crippen molar-refractivity contribution in [2.45, 2.75) is 19.1 Å². The number of hydrogen-bond acceptors (Lipinski definition) is 3. The summed E-state index contributed by atoms with van der Waals surface area (Å²) in [5, 5.41) is 0. The Morgan fingerprint density at radius 2 is 2.08 bits per heavy atom. The molecule has 12 heavy (non-hydrogen) atoms. The van der Waals surface area contributed by atoms with Gasteiger partial charge in [0.05, 0.1) is 25.7 Å². The smallest absolute Gasteiger partial charge is 0.183 e. The van der Waals surface area contributed by atoms with Crippen molar-refractivity contribution in [3.8, 4) is 0 Å². The average Bonchev–Trinajstić information content (AvgIpc) is 2.21. The van der Waals surface area contributed by atoms with E-state index in [2.05, 4.69) is 0 Å². The molecular formula is C9H12O3. The molecule has 0 aromatic heterocycles. The fraction of sp³-hybridized carbons (Fsp3) is 0.556. The zero-order chi connectivity index (χ0) is 8.23. The molecule has 0 atom stereocenters. The Hall–Kier alpha value is -0.800. The lowest BCUT2D eigenvalue weighted by molar-refractivity contribution is -0.158. The van der Waals surface area contributed by atoms with E-state index in [-0.39, 0.29) is 6.29 Å². The quantitative estimate of drug-likeness (QED) is 0.594. The lowest BCUT2D eigenvalue weighted by Crippen LogP contribution is -2.27. The first kappa shape index (κ1) is 7.83. The van der Waals surface area contributed by atoms with Crippen LogP contribution in [0.15, 0.2) is 24.2 Å². The van der Waals surface area contributed by atoms with Crippen molar-refractivity contribution in [1.82, 2.24) is 0 Å². The second-order valence-electron chi connectivity index (χ2n) is 2.83. The summed E-state index contributed by atoms with van der Waals surface area (Å²) in [7, 11) is 0. The fourth-order valence-electron chi connectivity index (χ4n) is 1.27. The van der Waals surface area contributed by atoms with E-state index in [4.69, 9.17) is 14.2 Å². The third-order valence-electron chi connectivity index (χ3n) is 1.88. The Morgan fingerprint density at radius 1 is 1.25 bits per heavy atom. The van der Waals surface area contributed by atoms with Crippen molar-refractivity contribution in [2.75, 3.05) is 13.2 Å². The Labute approximate surface area is 71.6 Å². The molecule has 0 bridgehead atoms. The minimum atomic E-state index is -0.177. The molecule has 0 aliphatic carbocycles. The molecule has 0 N–H and O–H groups in total. The van der Waals surface area contributed by atoms with Crippen molar-refractivity contribution < 1.29 is 14.2 Å². The standard InChI is InChI=1S/C9H12O3/c1-3-8(7-10-4-1)9-11-5-2-6-12-9/h1,4,7,9H,2-3,5-6H2. The van der Waals surface area contributed by atoms with Gasteiger partial charge in [-0.15, -0.1) is 0 Å². The molecule has 3 nitrogen and oxygen atoms in total. The van der Waals surface area contributed by atoms with Gasteiger partial charge >= 0.3 is 0 Å². The highest BCUT2D eigenvalue weighted by molar-refractivity contribution is 5.11. The first-order chi connectivity index (χ1) is 5.97. The molecule has 2 aliphatic rings. The second-order valence-corrected chi connectivity index (χ2v) is 2.83. The van der Waals surface area contributed by atoms with Crippen molar-refractivity contribution in [1.29, 1.82) is 0 Å². The van der Waals surface area contributed by atoms with E-state index >= 15 is 0 Å². The summed E-state index contributed by atoms with van der Waals surface area (Å²) in [5.74, 6) is 0. The maximum atomic E-state index is 5.41. The van der Waals surface area contributed by atoms with Crippen LogP contribution in [-0.4, -0.2) is 19.5 Å². The van der Waals surface area contributed by atoms with E-state index in [9.17, 15) is 0 Å². The number of hydrogen-bond donors (Lipinski definition) is 0. The van der Waals surface area contributed by atoms with Crippen LogP contribution in [0.5, 0.6) is 0 Å². The molecule has 0 unspecified atom stereocenters. The van der Waals surface area contributed by atoms with Gasteiger partial charge < -0.3 is 14.2 Å². The molecule has 66 valence electrons. The molecule has 0 aromatic rings. The maximum absolute atomic E-state index is 5.41. The summed E-state index contributed by atoms with van der Waals surface area (Å²) in [4.78, 5) is 0. The summed E-state index contributed by atoms with van der Waals surface area (Å²) < 4.78 is 15.9. The average molecular weight is 168 g/mol. The van der Waals surface area contributed by atoms with E-state index in [0.29, 0.717) is 0 Å². The molecule has 0 saturated carbocycles. The van der Waals surface area contributed by atoms with Gasteiger partial charge in [0.1, 0.15) is 0 Å². The Balaban J connectivity index is 1.93. The van der Waals surface area contributed by atoms with Gasteiger partial charge in [0, 0.05) is 5.57 Å². The molecule has 1 saturated heterocycles. The Morgan fingerprint density at radius 3 is 2.75 bits per heavy atom. The normalized spacial score (nSPS) is 24.8. The van der Waals surface area contributed by atoms with Crippen LogP contribution < -0.4 is 0 Å². The molecule has 0 spiro atoms. The minimum Gasteiger partial charge on any atom is -0.473 e. The SMILES string of the molecule is C1=COC=C(C2OCCCO2)C1. The van der Waals surface area contributed by atoms with Gasteiger partial charge in [-0.3, -0.25) is 0 Å². The summed E-state index contributed by atoms with van der Waals surface area (Å²) in [5.41, 5.74) is 1.07. The zero-order valence-corrected chi connectivity index (χ0v) is 6.86. The van der Waals surface area contributed by atoms with E-state index in [0.717, 1.165) is 31.6 Å². The van der Waals surface area contributed by atoms with Crippen molar-refractivity contribution >= 4 is 0 Å². The van der Waals surface area contributed by atoms with Gasteiger partial charge in [-0.25, -0.2) is 0 Å². The van der Waals surface area contributed by atoms with E-state index < -0.39 is 0 Å². The molecule has 0 aromatic carbocycles. The van der Waals surface area contributed by atoms with Gasteiger partial charge in [0.25, 0.3) is 0 Å². The molecule has 0 radical (unpaired) electrons. The summed E-state index contributed by atoms with van der Waals surface area (Å²) in [6, 6.07) is 0. The van der Waals surface area contributed by atoms with Crippen molar-refractivity contribution in [3.63, 3.8) is 0 Å². The summed E-state index contributed by atoms with van der Waals surface area (Å²) in [6.45, 7) is 1.57. The van der Waals surface area contributed by atoms with Crippen LogP contribution >= 0.6 is 0 Å². The lowest BCUT2D eigenvalue weighted by Gasteiger charge is -2.25. The first-order valence-corrected chi connectivity index (χ1v) is 4.19. The van der Waals surface area contributed by atoms with Crippen LogP contribution in [-0.2, 0) is 14.2 Å². The van der Waals surface area contributed by atoms with Gasteiger partial charge in [-0.05, 0) is 18.9 Å². The van der Waals surface area contributed by atoms with Crippen molar-refractivity contribution in [3.05, 3.63) is 24.2 Å². The second kappa shape index (κ2) is 3.74. The van der Waals surface area contributed by atoms with Gasteiger partial charge in [-0.2, -0.15) is 0 Å². The third-order valence-corrected chi connectivity index (χ3v) is 1.88. The largest absolute Gasteiger partial charge is 0.473 e. The highest BCUT2D eigenvalue weighted by Crippen LogP contribution is 2.19. The van der Waals surface area contributed by atoms with Crippen LogP contribution in [0.1, 0.15) is 12.8 Å². The molecule has 1 fully saturated rings.